The molecule has 0 radical (unpaired) electrons. The quantitative estimate of drug-likeness (QED) is 0.246. The molecule has 0 aliphatic rings. The van der Waals surface area contributed by atoms with Crippen molar-refractivity contribution in [3.05, 3.63) is 66.7 Å². The highest BCUT2D eigenvalue weighted by Gasteiger charge is 2.05. The summed E-state index contributed by atoms with van der Waals surface area (Å²) < 4.78 is 10.6. The Morgan fingerprint density at radius 2 is 1.41 bits per heavy atom. The van der Waals surface area contributed by atoms with Crippen molar-refractivity contribution in [2.75, 3.05) is 13.7 Å². The van der Waals surface area contributed by atoms with Crippen molar-refractivity contribution in [3.8, 4) is 16.9 Å². The maximum Gasteiger partial charge on any atom is 0.337 e. The van der Waals surface area contributed by atoms with E-state index in [2.05, 4.69) is 6.58 Å². The summed E-state index contributed by atoms with van der Waals surface area (Å²) in [4.78, 5) is 11.5. The Kier molecular flexibility index (Phi) is 9.19. The zero-order valence-electron chi connectivity index (χ0n) is 16.3. The number of allylic oxidation sites excluding steroid dienone is 1. The van der Waals surface area contributed by atoms with Crippen LogP contribution in [0.4, 0.5) is 0 Å². The summed E-state index contributed by atoms with van der Waals surface area (Å²) >= 11 is 0. The molecule has 2 rings (SSSR count). The minimum Gasteiger partial charge on any atom is -0.494 e. The second-order valence-corrected chi connectivity index (χ2v) is 6.64. The lowest BCUT2D eigenvalue weighted by Gasteiger charge is -2.08. The molecule has 27 heavy (non-hydrogen) atoms. The van der Waals surface area contributed by atoms with Crippen LogP contribution in [-0.4, -0.2) is 19.7 Å². The van der Waals surface area contributed by atoms with Crippen LogP contribution in [0.25, 0.3) is 11.1 Å². The van der Waals surface area contributed by atoms with Crippen LogP contribution in [0.3, 0.4) is 0 Å². The average Bonchev–Trinajstić information content (AvgIpc) is 2.72. The zero-order chi connectivity index (χ0) is 19.3. The van der Waals surface area contributed by atoms with Crippen LogP contribution in [0.15, 0.2) is 61.2 Å². The van der Waals surface area contributed by atoms with Crippen LogP contribution in [-0.2, 0) is 4.74 Å². The number of rotatable bonds is 12. The van der Waals surface area contributed by atoms with E-state index in [9.17, 15) is 4.79 Å². The third-order valence-corrected chi connectivity index (χ3v) is 4.56. The Labute approximate surface area is 163 Å². The molecule has 0 unspecified atom stereocenters. The topological polar surface area (TPSA) is 35.5 Å². The molecule has 0 N–H and O–H groups in total. The number of carbonyl (C=O) groups excluding carboxylic acids is 1. The predicted molar refractivity (Wildman–Crippen MR) is 111 cm³/mol. The van der Waals surface area contributed by atoms with Crippen molar-refractivity contribution in [3.63, 3.8) is 0 Å². The van der Waals surface area contributed by atoms with Crippen molar-refractivity contribution in [1.82, 2.24) is 0 Å². The number of hydrogen-bond acceptors (Lipinski definition) is 3. The molecule has 0 atom stereocenters. The first kappa shape index (κ1) is 20.8. The van der Waals surface area contributed by atoms with E-state index < -0.39 is 0 Å². The molecule has 0 heterocycles. The van der Waals surface area contributed by atoms with Gasteiger partial charge in [-0.15, -0.1) is 6.58 Å². The van der Waals surface area contributed by atoms with Crippen molar-refractivity contribution < 1.29 is 14.3 Å². The molecule has 144 valence electrons. The Morgan fingerprint density at radius 1 is 0.852 bits per heavy atom. The van der Waals surface area contributed by atoms with Crippen LogP contribution >= 0.6 is 0 Å². The normalized spacial score (nSPS) is 10.4. The van der Waals surface area contributed by atoms with Gasteiger partial charge in [-0.05, 0) is 54.7 Å². The van der Waals surface area contributed by atoms with Gasteiger partial charge in [0.1, 0.15) is 5.75 Å². The van der Waals surface area contributed by atoms with Crippen LogP contribution in [0, 0.1) is 0 Å². The van der Waals surface area contributed by atoms with Crippen molar-refractivity contribution in [2.24, 2.45) is 0 Å². The molecule has 0 amide bonds. The molecular formula is C24H30O3. The molecule has 0 spiro atoms. The van der Waals surface area contributed by atoms with Gasteiger partial charge in [0, 0.05) is 0 Å². The predicted octanol–water partition coefficient (Wildman–Crippen LogP) is 6.44. The first-order chi connectivity index (χ1) is 13.2. The van der Waals surface area contributed by atoms with Crippen LogP contribution in [0.2, 0.25) is 0 Å². The molecule has 0 aromatic heterocycles. The fraction of sp³-hybridized carbons (Fsp3) is 0.375. The first-order valence-corrected chi connectivity index (χ1v) is 9.77. The maximum absolute atomic E-state index is 11.5. The molecule has 0 saturated carbocycles. The summed E-state index contributed by atoms with van der Waals surface area (Å²) in [7, 11) is 1.39. The SMILES string of the molecule is C=CCCCCCCCCOc1ccc(-c2ccc(C(=O)OC)cc2)cc1. The first-order valence-electron chi connectivity index (χ1n) is 9.77. The van der Waals surface area contributed by atoms with Crippen LogP contribution in [0.1, 0.15) is 55.3 Å². The van der Waals surface area contributed by atoms with E-state index in [-0.39, 0.29) is 5.97 Å². The number of carbonyl (C=O) groups is 1. The van der Waals surface area contributed by atoms with Crippen LogP contribution < -0.4 is 4.74 Å². The van der Waals surface area contributed by atoms with Gasteiger partial charge in [0.2, 0.25) is 0 Å². The Balaban J connectivity index is 1.70. The maximum atomic E-state index is 11.5. The second kappa shape index (κ2) is 11.9. The van der Waals surface area contributed by atoms with Gasteiger partial charge in [-0.25, -0.2) is 4.79 Å². The van der Waals surface area contributed by atoms with Gasteiger partial charge >= 0.3 is 5.97 Å². The third-order valence-electron chi connectivity index (χ3n) is 4.56. The minimum atomic E-state index is -0.318. The second-order valence-electron chi connectivity index (χ2n) is 6.64. The Hall–Kier alpha value is -2.55. The number of hydrogen-bond donors (Lipinski definition) is 0. The molecule has 0 bridgehead atoms. The van der Waals surface area contributed by atoms with E-state index in [0.717, 1.165) is 36.3 Å². The monoisotopic (exact) mass is 366 g/mol. The van der Waals surface area contributed by atoms with Crippen molar-refractivity contribution in [1.29, 1.82) is 0 Å². The molecule has 2 aromatic rings. The van der Waals surface area contributed by atoms with Gasteiger partial charge in [-0.2, -0.15) is 0 Å². The summed E-state index contributed by atoms with van der Waals surface area (Å²) in [6, 6.07) is 15.5. The molecule has 2 aromatic carbocycles. The lowest BCUT2D eigenvalue weighted by molar-refractivity contribution is 0.0601. The molecule has 0 aliphatic heterocycles. The van der Waals surface area contributed by atoms with E-state index in [1.54, 1.807) is 12.1 Å². The lowest BCUT2D eigenvalue weighted by Crippen LogP contribution is -2.00. The molecule has 3 heteroatoms. The van der Waals surface area contributed by atoms with Gasteiger partial charge in [-0.1, -0.05) is 56.0 Å². The highest BCUT2D eigenvalue weighted by Crippen LogP contribution is 2.23. The number of esters is 1. The van der Waals surface area contributed by atoms with E-state index in [0.29, 0.717) is 5.56 Å². The lowest BCUT2D eigenvalue weighted by atomic mass is 10.0. The average molecular weight is 367 g/mol. The zero-order valence-corrected chi connectivity index (χ0v) is 16.3. The number of ether oxygens (including phenoxy) is 2. The number of methoxy groups -OCH3 is 1. The highest BCUT2D eigenvalue weighted by atomic mass is 16.5. The Bertz CT molecular complexity index is 687. The molecule has 0 fully saturated rings. The van der Waals surface area contributed by atoms with Gasteiger partial charge in [0.25, 0.3) is 0 Å². The summed E-state index contributed by atoms with van der Waals surface area (Å²) in [5.74, 6) is 0.581. The van der Waals surface area contributed by atoms with Gasteiger partial charge in [0.05, 0.1) is 19.3 Å². The van der Waals surface area contributed by atoms with E-state index >= 15 is 0 Å². The summed E-state index contributed by atoms with van der Waals surface area (Å²) in [6.45, 7) is 4.51. The van der Waals surface area contributed by atoms with E-state index in [1.165, 1.54) is 39.2 Å². The van der Waals surface area contributed by atoms with Crippen molar-refractivity contribution >= 4 is 5.97 Å². The Morgan fingerprint density at radius 3 is 2.00 bits per heavy atom. The minimum absolute atomic E-state index is 0.318. The highest BCUT2D eigenvalue weighted by molar-refractivity contribution is 5.89. The van der Waals surface area contributed by atoms with Crippen LogP contribution in [0.5, 0.6) is 5.75 Å². The largest absolute Gasteiger partial charge is 0.494 e. The molecule has 3 nitrogen and oxygen atoms in total. The van der Waals surface area contributed by atoms with Gasteiger partial charge in [-0.3, -0.25) is 0 Å². The van der Waals surface area contributed by atoms with Gasteiger partial charge in [0.15, 0.2) is 0 Å². The number of benzene rings is 2. The van der Waals surface area contributed by atoms with E-state index in [4.69, 9.17) is 9.47 Å². The fourth-order valence-corrected chi connectivity index (χ4v) is 2.95. The van der Waals surface area contributed by atoms with Crippen molar-refractivity contribution in [2.45, 2.75) is 44.9 Å². The summed E-state index contributed by atoms with van der Waals surface area (Å²) in [6.07, 6.45) is 10.6. The summed E-state index contributed by atoms with van der Waals surface area (Å²) in [5.41, 5.74) is 2.71. The number of unbranched alkanes of at least 4 members (excludes halogenated alkanes) is 6. The fourth-order valence-electron chi connectivity index (χ4n) is 2.95. The molecular weight excluding hydrogens is 336 g/mol. The third kappa shape index (κ3) is 7.30. The van der Waals surface area contributed by atoms with E-state index in [1.807, 2.05) is 42.5 Å². The standard InChI is InChI=1S/C24H30O3/c1-3-4-5-6-7-8-9-10-19-27-23-17-15-21(16-18-23)20-11-13-22(14-12-20)24(25)26-2/h3,11-18H,1,4-10,19H2,2H3. The van der Waals surface area contributed by atoms with Gasteiger partial charge < -0.3 is 9.47 Å². The summed E-state index contributed by atoms with van der Waals surface area (Å²) in [5, 5.41) is 0. The molecule has 0 saturated heterocycles. The smallest absolute Gasteiger partial charge is 0.337 e. The molecule has 0 aliphatic carbocycles.